The van der Waals surface area contributed by atoms with Crippen LogP contribution in [-0.4, -0.2) is 85.8 Å². The summed E-state index contributed by atoms with van der Waals surface area (Å²) < 4.78 is 85.8. The first-order valence-electron chi connectivity index (χ1n) is 9.14. The van der Waals surface area contributed by atoms with Gasteiger partial charge in [-0.15, -0.1) is 0 Å². The second-order valence-electron chi connectivity index (χ2n) is 6.21. The first-order chi connectivity index (χ1) is 12.0. The van der Waals surface area contributed by atoms with Crippen molar-refractivity contribution in [2.75, 3.05) is 0 Å². The number of rotatable bonds is 14. The normalized spacial score (nSPS) is 13.9. The van der Waals surface area contributed by atoms with Gasteiger partial charge in [0.25, 0.3) is 0 Å². The van der Waals surface area contributed by atoms with Gasteiger partial charge in [0.05, 0.1) is 0 Å². The van der Waals surface area contributed by atoms with Crippen LogP contribution in [0.15, 0.2) is 0 Å². The summed E-state index contributed by atoms with van der Waals surface area (Å²) in [4.78, 5) is 0. The zero-order chi connectivity index (χ0) is 20.6. The standard InChI is InChI=1S/2C8H17FO3S.Ba/c2*1-2-3-4-5-6-7-8(9)13(10,11)12;/h2*8H,2-7H2,1H3,(H,10,11,12);/q;;+2/p-2. The van der Waals surface area contributed by atoms with Gasteiger partial charge in [-0.05, 0) is 25.7 Å². The zero-order valence-corrected chi connectivity index (χ0v) is 22.4. The molecule has 0 bridgehead atoms. The van der Waals surface area contributed by atoms with Crippen molar-refractivity contribution in [1.29, 1.82) is 0 Å². The molecule has 0 aromatic rings. The third-order valence-electron chi connectivity index (χ3n) is 3.70. The number of hydrogen-bond donors (Lipinski definition) is 0. The molecule has 0 aliphatic carbocycles. The van der Waals surface area contributed by atoms with Crippen LogP contribution in [0.2, 0.25) is 0 Å². The summed E-state index contributed by atoms with van der Waals surface area (Å²) >= 11 is 0. The molecule has 27 heavy (non-hydrogen) atoms. The van der Waals surface area contributed by atoms with E-state index in [-0.39, 0.29) is 61.7 Å². The van der Waals surface area contributed by atoms with E-state index in [0.29, 0.717) is 12.8 Å². The molecule has 0 amide bonds. The van der Waals surface area contributed by atoms with E-state index in [1.165, 1.54) is 0 Å². The summed E-state index contributed by atoms with van der Waals surface area (Å²) in [6.07, 6.45) is 8.48. The van der Waals surface area contributed by atoms with Gasteiger partial charge in [0.1, 0.15) is 20.2 Å². The number of alkyl halides is 2. The van der Waals surface area contributed by atoms with Gasteiger partial charge in [0, 0.05) is 0 Å². The molecule has 0 N–H and O–H groups in total. The fourth-order valence-electron chi connectivity index (χ4n) is 2.11. The van der Waals surface area contributed by atoms with E-state index in [2.05, 4.69) is 13.8 Å². The molecule has 0 aliphatic heterocycles. The molecule has 6 nitrogen and oxygen atoms in total. The van der Waals surface area contributed by atoms with Crippen LogP contribution >= 0.6 is 0 Å². The van der Waals surface area contributed by atoms with Crippen molar-refractivity contribution in [3.63, 3.8) is 0 Å². The molecule has 11 heteroatoms. The van der Waals surface area contributed by atoms with Crippen LogP contribution in [0, 0.1) is 0 Å². The molecule has 160 valence electrons. The Labute approximate surface area is 203 Å². The van der Waals surface area contributed by atoms with Crippen molar-refractivity contribution in [3.05, 3.63) is 0 Å². The maximum Gasteiger partial charge on any atom is 2.00 e. The Balaban J connectivity index is -0.000000411. The average molecular weight is 560 g/mol. The van der Waals surface area contributed by atoms with Crippen LogP contribution in [0.3, 0.4) is 0 Å². The summed E-state index contributed by atoms with van der Waals surface area (Å²) in [5.41, 5.74) is -4.43. The Bertz CT molecular complexity index is 481. The molecule has 0 saturated carbocycles. The van der Waals surface area contributed by atoms with Crippen LogP contribution in [0.25, 0.3) is 0 Å². The van der Waals surface area contributed by atoms with Gasteiger partial charge < -0.3 is 9.11 Å². The van der Waals surface area contributed by atoms with E-state index in [0.717, 1.165) is 51.4 Å². The zero-order valence-electron chi connectivity index (χ0n) is 16.4. The third-order valence-corrected chi connectivity index (χ3v) is 5.42. The molecule has 0 aromatic carbocycles. The minimum Gasteiger partial charge on any atom is -0.746 e. The fourth-order valence-corrected chi connectivity index (χ4v) is 3.02. The summed E-state index contributed by atoms with van der Waals surface area (Å²) in [5, 5.41) is 0. The Kier molecular flexibility index (Phi) is 23.4. The Morgan fingerprint density at radius 1 is 0.630 bits per heavy atom. The van der Waals surface area contributed by atoms with E-state index in [1.807, 2.05) is 0 Å². The van der Waals surface area contributed by atoms with Crippen molar-refractivity contribution in [2.24, 2.45) is 0 Å². The van der Waals surface area contributed by atoms with Crippen LogP contribution < -0.4 is 0 Å². The Hall–Kier alpha value is 1.25. The molecule has 0 saturated heterocycles. The van der Waals surface area contributed by atoms with Crippen LogP contribution in [0.4, 0.5) is 8.78 Å². The average Bonchev–Trinajstić information content (AvgIpc) is 2.53. The monoisotopic (exact) mass is 560 g/mol. The molecular weight excluding hydrogens is 528 g/mol. The van der Waals surface area contributed by atoms with E-state index >= 15 is 0 Å². The van der Waals surface area contributed by atoms with Crippen molar-refractivity contribution in [3.8, 4) is 0 Å². The van der Waals surface area contributed by atoms with Crippen LogP contribution in [0.1, 0.15) is 90.9 Å². The van der Waals surface area contributed by atoms with Gasteiger partial charge in [-0.2, -0.15) is 0 Å². The Morgan fingerprint density at radius 3 is 1.11 bits per heavy atom. The van der Waals surface area contributed by atoms with E-state index in [1.54, 1.807) is 0 Å². The van der Waals surface area contributed by atoms with Gasteiger partial charge in [-0.1, -0.05) is 65.2 Å². The predicted octanol–water partition coefficient (Wildman–Crippen LogP) is 3.99. The molecule has 0 aliphatic rings. The van der Waals surface area contributed by atoms with Gasteiger partial charge in [0.2, 0.25) is 0 Å². The van der Waals surface area contributed by atoms with Gasteiger partial charge in [0.15, 0.2) is 11.0 Å². The Morgan fingerprint density at radius 2 is 0.889 bits per heavy atom. The summed E-state index contributed by atoms with van der Waals surface area (Å²) in [5.74, 6) is 0. The second kappa shape index (κ2) is 19.2. The topological polar surface area (TPSA) is 114 Å². The smallest absolute Gasteiger partial charge is 0.746 e. The summed E-state index contributed by atoms with van der Waals surface area (Å²) in [6.45, 7) is 4.11. The molecule has 0 spiro atoms. The van der Waals surface area contributed by atoms with Crippen molar-refractivity contribution < 1.29 is 34.7 Å². The van der Waals surface area contributed by atoms with E-state index in [4.69, 9.17) is 0 Å². The van der Waals surface area contributed by atoms with Gasteiger partial charge >= 0.3 is 48.9 Å². The maximum absolute atomic E-state index is 12.5. The quantitative estimate of drug-likeness (QED) is 0.181. The third kappa shape index (κ3) is 23.4. The molecule has 0 aromatic heterocycles. The minimum absolute atomic E-state index is 0. The molecule has 0 fully saturated rings. The maximum atomic E-state index is 12.5. The molecule has 0 radical (unpaired) electrons. The van der Waals surface area contributed by atoms with Crippen molar-refractivity contribution >= 4 is 69.1 Å². The minimum atomic E-state index is -4.71. The summed E-state index contributed by atoms with van der Waals surface area (Å²) in [6, 6.07) is 0. The number of unbranched alkanes of at least 4 members (excludes halogenated alkanes) is 8. The first-order valence-corrected chi connectivity index (χ1v) is 12.1. The van der Waals surface area contributed by atoms with Crippen molar-refractivity contribution in [2.45, 2.75) is 102 Å². The van der Waals surface area contributed by atoms with E-state index < -0.39 is 31.2 Å². The number of hydrogen-bond acceptors (Lipinski definition) is 6. The first kappa shape index (κ1) is 32.9. The molecule has 2 atom stereocenters. The largest absolute Gasteiger partial charge is 2.00 e. The van der Waals surface area contributed by atoms with E-state index in [9.17, 15) is 34.7 Å². The summed E-state index contributed by atoms with van der Waals surface area (Å²) in [7, 11) is -9.42. The molecule has 2 unspecified atom stereocenters. The van der Waals surface area contributed by atoms with Crippen molar-refractivity contribution in [1.82, 2.24) is 0 Å². The van der Waals surface area contributed by atoms with Gasteiger partial charge in [-0.25, -0.2) is 25.6 Å². The SMILES string of the molecule is CCCCCCCC(F)S(=O)(=O)[O-].CCCCCCCC(F)S(=O)(=O)[O-].[Ba+2]. The second-order valence-corrected chi connectivity index (χ2v) is 9.21. The van der Waals surface area contributed by atoms with Gasteiger partial charge in [-0.3, -0.25) is 0 Å². The number of halogens is 2. The predicted molar refractivity (Wildman–Crippen MR) is 102 cm³/mol. The van der Waals surface area contributed by atoms with Crippen LogP contribution in [0.5, 0.6) is 0 Å². The molecule has 0 heterocycles. The molecular formula is C16H32BaF2O6S2. The fraction of sp³-hybridized carbons (Fsp3) is 1.00. The van der Waals surface area contributed by atoms with Crippen LogP contribution in [-0.2, 0) is 20.2 Å². The molecule has 0 rings (SSSR count).